The van der Waals surface area contributed by atoms with Crippen LogP contribution < -0.4 is 10.5 Å². The minimum atomic E-state index is 0.361. The van der Waals surface area contributed by atoms with Gasteiger partial charge < -0.3 is 15.0 Å². The Labute approximate surface area is 131 Å². The third-order valence-electron chi connectivity index (χ3n) is 4.00. The molecule has 0 amide bonds. The van der Waals surface area contributed by atoms with Crippen LogP contribution in [-0.4, -0.2) is 4.57 Å². The maximum Gasteiger partial charge on any atom is 0.122 e. The lowest BCUT2D eigenvalue weighted by atomic mass is 10.1. The van der Waals surface area contributed by atoms with E-state index in [0.717, 1.165) is 22.5 Å². The second-order valence-electron chi connectivity index (χ2n) is 5.95. The molecule has 114 valence electrons. The van der Waals surface area contributed by atoms with Crippen LogP contribution in [0.25, 0.3) is 10.9 Å². The summed E-state index contributed by atoms with van der Waals surface area (Å²) in [4.78, 5) is 0. The highest BCUT2D eigenvalue weighted by Crippen LogP contribution is 2.30. The summed E-state index contributed by atoms with van der Waals surface area (Å²) >= 11 is 0. The van der Waals surface area contributed by atoms with Crippen molar-refractivity contribution in [1.82, 2.24) is 4.57 Å². The molecule has 0 aliphatic heterocycles. The molecule has 0 bridgehead atoms. The van der Waals surface area contributed by atoms with Gasteiger partial charge in [-0.15, -0.1) is 0 Å². The van der Waals surface area contributed by atoms with Gasteiger partial charge in [-0.1, -0.05) is 30.3 Å². The molecule has 3 heteroatoms. The molecule has 0 unspecified atom stereocenters. The van der Waals surface area contributed by atoms with Crippen LogP contribution in [-0.2, 0) is 6.61 Å². The number of nitrogens with zero attached hydrogens (tertiary/aromatic N) is 1. The highest BCUT2D eigenvalue weighted by molar-refractivity contribution is 5.93. The number of fused-ring (bicyclic) bond motifs is 1. The van der Waals surface area contributed by atoms with Crippen LogP contribution in [0.3, 0.4) is 0 Å². The van der Waals surface area contributed by atoms with Gasteiger partial charge in [0.05, 0.1) is 11.2 Å². The van der Waals surface area contributed by atoms with Crippen molar-refractivity contribution in [2.75, 3.05) is 5.73 Å². The Balaban J connectivity index is 1.98. The van der Waals surface area contributed by atoms with Crippen molar-refractivity contribution in [2.24, 2.45) is 0 Å². The smallest absolute Gasteiger partial charge is 0.122 e. The molecule has 3 rings (SSSR count). The number of aromatic nitrogens is 1. The number of rotatable bonds is 4. The van der Waals surface area contributed by atoms with Crippen LogP contribution in [0.2, 0.25) is 0 Å². The van der Waals surface area contributed by atoms with Gasteiger partial charge in [0.2, 0.25) is 0 Å². The fourth-order valence-electron chi connectivity index (χ4n) is 2.81. The molecule has 3 nitrogen and oxygen atoms in total. The number of ether oxygens (including phenoxy) is 1. The predicted molar refractivity (Wildman–Crippen MR) is 92.2 cm³/mol. The van der Waals surface area contributed by atoms with E-state index in [2.05, 4.69) is 43.7 Å². The lowest BCUT2D eigenvalue weighted by Crippen LogP contribution is -2.00. The standard InChI is InChI=1S/C19H22N2O/c1-13(2)21-11-15(16-8-6-9-17(20)19(16)21)12-22-18-10-5-4-7-14(18)3/h4-11,13H,12,20H2,1-3H3. The second kappa shape index (κ2) is 5.76. The van der Waals surface area contributed by atoms with Crippen molar-refractivity contribution < 1.29 is 4.74 Å². The third-order valence-corrected chi connectivity index (χ3v) is 4.00. The summed E-state index contributed by atoms with van der Waals surface area (Å²) in [5.41, 5.74) is 10.4. The Morgan fingerprint density at radius 3 is 2.59 bits per heavy atom. The van der Waals surface area contributed by atoms with Crippen LogP contribution in [0.5, 0.6) is 5.75 Å². The molecule has 0 saturated carbocycles. The highest BCUT2D eigenvalue weighted by Gasteiger charge is 2.13. The van der Waals surface area contributed by atoms with Crippen LogP contribution in [0, 0.1) is 6.92 Å². The monoisotopic (exact) mass is 294 g/mol. The maximum atomic E-state index is 6.18. The molecule has 0 saturated heterocycles. The zero-order valence-electron chi connectivity index (χ0n) is 13.3. The van der Waals surface area contributed by atoms with Gasteiger partial charge in [0.1, 0.15) is 12.4 Å². The molecule has 2 N–H and O–H groups in total. The maximum absolute atomic E-state index is 6.18. The first-order valence-corrected chi connectivity index (χ1v) is 7.64. The summed E-state index contributed by atoms with van der Waals surface area (Å²) in [7, 11) is 0. The number of nitrogen functional groups attached to an aromatic ring is 1. The molecule has 0 fully saturated rings. The molecule has 0 spiro atoms. The van der Waals surface area contributed by atoms with Crippen molar-refractivity contribution in [3.63, 3.8) is 0 Å². The zero-order chi connectivity index (χ0) is 15.7. The Bertz CT molecular complexity index is 802. The minimum absolute atomic E-state index is 0.361. The second-order valence-corrected chi connectivity index (χ2v) is 5.95. The average molecular weight is 294 g/mol. The van der Waals surface area contributed by atoms with Crippen molar-refractivity contribution in [3.8, 4) is 5.75 Å². The number of nitrogens with two attached hydrogens (primary N) is 1. The van der Waals surface area contributed by atoms with Gasteiger partial charge in [-0.2, -0.15) is 0 Å². The summed E-state index contributed by atoms with van der Waals surface area (Å²) in [5.74, 6) is 0.928. The normalized spacial score (nSPS) is 11.3. The minimum Gasteiger partial charge on any atom is -0.489 e. The Morgan fingerprint density at radius 2 is 1.86 bits per heavy atom. The highest BCUT2D eigenvalue weighted by atomic mass is 16.5. The number of para-hydroxylation sites is 2. The van der Waals surface area contributed by atoms with E-state index in [1.165, 1.54) is 10.9 Å². The van der Waals surface area contributed by atoms with E-state index in [0.29, 0.717) is 12.6 Å². The van der Waals surface area contributed by atoms with E-state index >= 15 is 0 Å². The molecule has 1 heterocycles. The molecule has 3 aromatic rings. The predicted octanol–water partition coefficient (Wildman–Crippen LogP) is 4.69. The Kier molecular flexibility index (Phi) is 3.80. The summed E-state index contributed by atoms with van der Waals surface area (Å²) in [6, 6.07) is 14.5. The van der Waals surface area contributed by atoms with E-state index in [1.54, 1.807) is 0 Å². The lowest BCUT2D eigenvalue weighted by Gasteiger charge is -2.10. The van der Waals surface area contributed by atoms with E-state index in [4.69, 9.17) is 10.5 Å². The Morgan fingerprint density at radius 1 is 1.09 bits per heavy atom. The molecule has 1 aromatic heterocycles. The summed E-state index contributed by atoms with van der Waals surface area (Å²) in [5, 5.41) is 1.17. The molecule has 0 aliphatic carbocycles. The van der Waals surface area contributed by atoms with Gasteiger partial charge in [0.15, 0.2) is 0 Å². The number of benzene rings is 2. The van der Waals surface area contributed by atoms with Crippen molar-refractivity contribution in [3.05, 3.63) is 59.8 Å². The van der Waals surface area contributed by atoms with Gasteiger partial charge in [-0.25, -0.2) is 0 Å². The van der Waals surface area contributed by atoms with Crippen LogP contribution in [0.1, 0.15) is 31.0 Å². The van der Waals surface area contributed by atoms with Crippen LogP contribution in [0.15, 0.2) is 48.7 Å². The quantitative estimate of drug-likeness (QED) is 0.709. The topological polar surface area (TPSA) is 40.2 Å². The molecular formula is C19H22N2O. The number of anilines is 1. The largest absolute Gasteiger partial charge is 0.489 e. The molecule has 0 radical (unpaired) electrons. The van der Waals surface area contributed by atoms with Crippen molar-refractivity contribution in [2.45, 2.75) is 33.4 Å². The summed E-state index contributed by atoms with van der Waals surface area (Å²) in [6.07, 6.45) is 2.16. The van der Waals surface area contributed by atoms with E-state index < -0.39 is 0 Å². The zero-order valence-corrected chi connectivity index (χ0v) is 13.3. The lowest BCUT2D eigenvalue weighted by molar-refractivity contribution is 0.305. The van der Waals surface area contributed by atoms with Gasteiger partial charge in [-0.05, 0) is 38.5 Å². The van der Waals surface area contributed by atoms with Gasteiger partial charge in [-0.3, -0.25) is 0 Å². The molecule has 0 atom stereocenters. The van der Waals surface area contributed by atoms with Crippen LogP contribution in [0.4, 0.5) is 5.69 Å². The van der Waals surface area contributed by atoms with E-state index in [9.17, 15) is 0 Å². The van der Waals surface area contributed by atoms with Gasteiger partial charge >= 0.3 is 0 Å². The van der Waals surface area contributed by atoms with Crippen LogP contribution >= 0.6 is 0 Å². The fourth-order valence-corrected chi connectivity index (χ4v) is 2.81. The average Bonchev–Trinajstić information content (AvgIpc) is 2.87. The van der Waals surface area contributed by atoms with Gasteiger partial charge in [0.25, 0.3) is 0 Å². The first-order chi connectivity index (χ1) is 10.6. The molecule has 22 heavy (non-hydrogen) atoms. The first kappa shape index (κ1) is 14.5. The number of aryl methyl sites for hydroxylation is 1. The Hall–Kier alpha value is -2.42. The molecule has 2 aromatic carbocycles. The number of hydrogen-bond donors (Lipinski definition) is 1. The molecular weight excluding hydrogens is 272 g/mol. The summed E-state index contributed by atoms with van der Waals surface area (Å²) < 4.78 is 8.23. The summed E-state index contributed by atoms with van der Waals surface area (Å²) in [6.45, 7) is 6.94. The SMILES string of the molecule is Cc1ccccc1OCc1cn(C(C)C)c2c(N)cccc12. The van der Waals surface area contributed by atoms with E-state index in [-0.39, 0.29) is 0 Å². The fraction of sp³-hybridized carbons (Fsp3) is 0.263. The van der Waals surface area contributed by atoms with Crippen molar-refractivity contribution >= 4 is 16.6 Å². The first-order valence-electron chi connectivity index (χ1n) is 7.64. The van der Waals surface area contributed by atoms with E-state index in [1.807, 2.05) is 30.3 Å². The number of hydrogen-bond acceptors (Lipinski definition) is 2. The third kappa shape index (κ3) is 2.54. The van der Waals surface area contributed by atoms with Gasteiger partial charge in [0, 0.05) is 23.2 Å². The molecule has 0 aliphatic rings. The van der Waals surface area contributed by atoms with Crippen molar-refractivity contribution in [1.29, 1.82) is 0 Å².